The number of rotatable bonds is 2. The Morgan fingerprint density at radius 2 is 1.69 bits per heavy atom. The lowest BCUT2D eigenvalue weighted by molar-refractivity contribution is -0.136. The predicted octanol–water partition coefficient (Wildman–Crippen LogP) is 1.34. The van der Waals surface area contributed by atoms with Crippen LogP contribution in [0.2, 0.25) is 0 Å². The Hall–Kier alpha value is -0.900. The third-order valence-electron chi connectivity index (χ3n) is 2.77. The molecule has 1 fully saturated rings. The Morgan fingerprint density at radius 3 is 2.06 bits per heavy atom. The first-order valence-electron chi connectivity index (χ1n) is 5.81. The van der Waals surface area contributed by atoms with E-state index < -0.39 is 0 Å². The minimum atomic E-state index is -0.322. The predicted molar refractivity (Wildman–Crippen MR) is 63.1 cm³/mol. The van der Waals surface area contributed by atoms with Crippen LogP contribution in [0.3, 0.4) is 0 Å². The van der Waals surface area contributed by atoms with E-state index in [4.69, 9.17) is 4.74 Å². The summed E-state index contributed by atoms with van der Waals surface area (Å²) < 4.78 is 5.47. The maximum atomic E-state index is 11.8. The SMILES string of the molecule is CC.CC1OC(C)C(C(=O)N(C)C)C1C=O. The van der Waals surface area contributed by atoms with Crippen molar-refractivity contribution in [3.63, 3.8) is 0 Å². The molecular formula is C12H23NO3. The van der Waals surface area contributed by atoms with Crippen LogP contribution in [0.1, 0.15) is 27.7 Å². The highest BCUT2D eigenvalue weighted by molar-refractivity contribution is 5.82. The summed E-state index contributed by atoms with van der Waals surface area (Å²) in [6.07, 6.45) is 0.506. The van der Waals surface area contributed by atoms with Crippen molar-refractivity contribution in [1.82, 2.24) is 4.90 Å². The molecule has 4 atom stereocenters. The van der Waals surface area contributed by atoms with Gasteiger partial charge in [0, 0.05) is 14.1 Å². The van der Waals surface area contributed by atoms with Gasteiger partial charge in [0.15, 0.2) is 0 Å². The van der Waals surface area contributed by atoms with Gasteiger partial charge in [0.25, 0.3) is 0 Å². The Kier molecular flexibility index (Phi) is 6.26. The number of carbonyl (C=O) groups excluding carboxylic acids is 2. The van der Waals surface area contributed by atoms with Crippen molar-refractivity contribution in [1.29, 1.82) is 0 Å². The van der Waals surface area contributed by atoms with Gasteiger partial charge >= 0.3 is 0 Å². The van der Waals surface area contributed by atoms with Crippen LogP contribution < -0.4 is 0 Å². The molecule has 16 heavy (non-hydrogen) atoms. The van der Waals surface area contributed by atoms with Crippen LogP contribution in [0.5, 0.6) is 0 Å². The Labute approximate surface area is 98.0 Å². The fraction of sp³-hybridized carbons (Fsp3) is 0.833. The van der Waals surface area contributed by atoms with Gasteiger partial charge in [-0.3, -0.25) is 4.79 Å². The normalized spacial score (nSPS) is 32.6. The van der Waals surface area contributed by atoms with E-state index >= 15 is 0 Å². The Morgan fingerprint density at radius 1 is 1.19 bits per heavy atom. The van der Waals surface area contributed by atoms with E-state index in [1.165, 1.54) is 4.90 Å². The molecule has 0 saturated carbocycles. The van der Waals surface area contributed by atoms with E-state index in [-0.39, 0.29) is 30.0 Å². The lowest BCUT2D eigenvalue weighted by atomic mass is 9.88. The summed E-state index contributed by atoms with van der Waals surface area (Å²) in [6, 6.07) is 0. The highest BCUT2D eigenvalue weighted by atomic mass is 16.5. The van der Waals surface area contributed by atoms with Crippen LogP contribution >= 0.6 is 0 Å². The van der Waals surface area contributed by atoms with Crippen LogP contribution in [0.25, 0.3) is 0 Å². The minimum Gasteiger partial charge on any atom is -0.374 e. The number of nitrogens with zero attached hydrogens (tertiary/aromatic N) is 1. The van der Waals surface area contributed by atoms with E-state index in [0.717, 1.165) is 6.29 Å². The first-order valence-corrected chi connectivity index (χ1v) is 5.81. The van der Waals surface area contributed by atoms with E-state index in [2.05, 4.69) is 0 Å². The molecule has 1 aliphatic rings. The topological polar surface area (TPSA) is 46.6 Å². The van der Waals surface area contributed by atoms with Gasteiger partial charge in [-0.05, 0) is 13.8 Å². The van der Waals surface area contributed by atoms with Gasteiger partial charge in [0.05, 0.1) is 24.0 Å². The average molecular weight is 229 g/mol. The van der Waals surface area contributed by atoms with Crippen LogP contribution in [0.4, 0.5) is 0 Å². The molecule has 1 aliphatic heterocycles. The zero-order valence-electron chi connectivity index (χ0n) is 11.1. The number of hydrogen-bond acceptors (Lipinski definition) is 3. The van der Waals surface area contributed by atoms with Gasteiger partial charge in [0.1, 0.15) is 6.29 Å². The molecule has 1 saturated heterocycles. The monoisotopic (exact) mass is 229 g/mol. The fourth-order valence-corrected chi connectivity index (χ4v) is 1.98. The summed E-state index contributed by atoms with van der Waals surface area (Å²) in [5.74, 6) is -0.656. The zero-order valence-corrected chi connectivity index (χ0v) is 11.1. The van der Waals surface area contributed by atoms with Crippen molar-refractivity contribution in [2.24, 2.45) is 11.8 Å². The second kappa shape index (κ2) is 6.63. The minimum absolute atomic E-state index is 0.0287. The molecule has 0 N–H and O–H groups in total. The molecule has 1 rings (SSSR count). The summed E-state index contributed by atoms with van der Waals surface area (Å²) in [5.41, 5.74) is 0. The van der Waals surface area contributed by atoms with Crippen molar-refractivity contribution in [3.05, 3.63) is 0 Å². The van der Waals surface area contributed by atoms with Gasteiger partial charge in [0.2, 0.25) is 5.91 Å². The van der Waals surface area contributed by atoms with Crippen LogP contribution in [-0.2, 0) is 14.3 Å². The van der Waals surface area contributed by atoms with Crippen LogP contribution in [0.15, 0.2) is 0 Å². The Bertz CT molecular complexity index is 240. The van der Waals surface area contributed by atoms with E-state index in [0.29, 0.717) is 0 Å². The molecule has 4 nitrogen and oxygen atoms in total. The molecule has 0 spiro atoms. The molecule has 1 heterocycles. The number of carbonyl (C=O) groups is 2. The van der Waals surface area contributed by atoms with Crippen LogP contribution in [0, 0.1) is 11.8 Å². The lowest BCUT2D eigenvalue weighted by Crippen LogP contribution is -2.37. The van der Waals surface area contributed by atoms with Gasteiger partial charge < -0.3 is 14.4 Å². The third kappa shape index (κ3) is 3.04. The zero-order chi connectivity index (χ0) is 12.9. The maximum absolute atomic E-state index is 11.8. The summed E-state index contributed by atoms with van der Waals surface area (Å²) in [5, 5.41) is 0. The second-order valence-electron chi connectivity index (χ2n) is 4.02. The molecule has 0 aromatic carbocycles. The van der Waals surface area contributed by atoms with Gasteiger partial charge in [-0.1, -0.05) is 13.8 Å². The molecule has 0 aromatic rings. The first kappa shape index (κ1) is 15.1. The van der Waals surface area contributed by atoms with Crippen LogP contribution in [-0.4, -0.2) is 43.4 Å². The van der Waals surface area contributed by atoms with Gasteiger partial charge in [-0.15, -0.1) is 0 Å². The number of aldehydes is 1. The van der Waals surface area contributed by atoms with Crippen molar-refractivity contribution in [2.45, 2.75) is 39.9 Å². The highest BCUT2D eigenvalue weighted by Crippen LogP contribution is 2.32. The molecule has 0 radical (unpaired) electrons. The lowest BCUT2D eigenvalue weighted by Gasteiger charge is -2.20. The molecule has 4 heteroatoms. The largest absolute Gasteiger partial charge is 0.374 e. The molecule has 0 bridgehead atoms. The summed E-state index contributed by atoms with van der Waals surface area (Å²) in [4.78, 5) is 24.1. The number of amides is 1. The fourth-order valence-electron chi connectivity index (χ4n) is 1.98. The highest BCUT2D eigenvalue weighted by Gasteiger charge is 2.44. The molecular weight excluding hydrogens is 206 g/mol. The Balaban J connectivity index is 0.00000106. The van der Waals surface area contributed by atoms with Crippen molar-refractivity contribution in [2.75, 3.05) is 14.1 Å². The molecule has 1 amide bonds. The average Bonchev–Trinajstić information content (AvgIpc) is 2.54. The maximum Gasteiger partial charge on any atom is 0.228 e. The van der Waals surface area contributed by atoms with Gasteiger partial charge in [-0.25, -0.2) is 0 Å². The number of ether oxygens (including phenoxy) is 1. The second-order valence-corrected chi connectivity index (χ2v) is 4.02. The molecule has 4 unspecified atom stereocenters. The quantitative estimate of drug-likeness (QED) is 0.671. The van der Waals surface area contributed by atoms with Crippen molar-refractivity contribution >= 4 is 12.2 Å². The van der Waals surface area contributed by atoms with E-state index in [1.807, 2.05) is 27.7 Å². The summed E-state index contributed by atoms with van der Waals surface area (Å²) >= 11 is 0. The van der Waals surface area contributed by atoms with E-state index in [9.17, 15) is 9.59 Å². The van der Waals surface area contributed by atoms with E-state index in [1.54, 1.807) is 14.1 Å². The standard InChI is InChI=1S/C10H17NO3.C2H6/c1-6-8(5-12)9(7(2)14-6)10(13)11(3)4;1-2/h5-9H,1-4H3;1-2H3. The molecule has 94 valence electrons. The first-order chi connectivity index (χ1) is 7.49. The van der Waals surface area contributed by atoms with Crippen molar-refractivity contribution in [3.8, 4) is 0 Å². The summed E-state index contributed by atoms with van der Waals surface area (Å²) in [6.45, 7) is 7.67. The van der Waals surface area contributed by atoms with Crippen molar-refractivity contribution < 1.29 is 14.3 Å². The van der Waals surface area contributed by atoms with Gasteiger partial charge in [-0.2, -0.15) is 0 Å². The number of hydrogen-bond donors (Lipinski definition) is 0. The third-order valence-corrected chi connectivity index (χ3v) is 2.77. The smallest absolute Gasteiger partial charge is 0.228 e. The molecule has 0 aromatic heterocycles. The molecule has 0 aliphatic carbocycles. The summed E-state index contributed by atoms with van der Waals surface area (Å²) in [7, 11) is 3.39.